The molecule has 3 aromatic rings. The molecular weight excluding hydrogens is 472 g/mol. The molecule has 4 nitrogen and oxygen atoms in total. The molecule has 0 radical (unpaired) electrons. The third kappa shape index (κ3) is 6.07. The van der Waals surface area contributed by atoms with Gasteiger partial charge in [0.2, 0.25) is 0 Å². The first-order chi connectivity index (χ1) is 14.6. The van der Waals surface area contributed by atoms with Gasteiger partial charge in [0.1, 0.15) is 0 Å². The quantitative estimate of drug-likeness (QED) is 0.264. The van der Waals surface area contributed by atoms with Gasteiger partial charge in [-0.15, -0.1) is 0 Å². The van der Waals surface area contributed by atoms with E-state index in [1.807, 2.05) is 91.0 Å². The van der Waals surface area contributed by atoms with Crippen LogP contribution in [0.1, 0.15) is 20.8 Å². The Kier molecular flexibility index (Phi) is 8.32. The van der Waals surface area contributed by atoms with E-state index >= 15 is 0 Å². The van der Waals surface area contributed by atoms with Crippen LogP contribution in [0.15, 0.2) is 91.0 Å². The summed E-state index contributed by atoms with van der Waals surface area (Å²) in [5.41, 5.74) is 0. The van der Waals surface area contributed by atoms with Gasteiger partial charge in [-0.1, -0.05) is 0 Å². The molecule has 0 unspecified atom stereocenters. The van der Waals surface area contributed by atoms with Crippen molar-refractivity contribution in [3.8, 4) is 17.2 Å². The SMILES string of the molecule is CC[Si](CC)(CC)[O][Zr]([O]c1ccccc1)([O]c1ccccc1)[O]c1ccccc1. The molecule has 6 heteroatoms. The van der Waals surface area contributed by atoms with Crippen molar-refractivity contribution in [3.05, 3.63) is 91.0 Å². The second kappa shape index (κ2) is 10.9. The third-order valence-electron chi connectivity index (χ3n) is 5.23. The fourth-order valence-electron chi connectivity index (χ4n) is 3.26. The summed E-state index contributed by atoms with van der Waals surface area (Å²) in [5.74, 6) is 2.10. The van der Waals surface area contributed by atoms with Gasteiger partial charge in [-0.05, 0) is 0 Å². The van der Waals surface area contributed by atoms with Gasteiger partial charge in [0.05, 0.1) is 0 Å². The van der Waals surface area contributed by atoms with E-state index in [9.17, 15) is 0 Å². The molecule has 0 saturated heterocycles. The van der Waals surface area contributed by atoms with Crippen LogP contribution in [0.25, 0.3) is 0 Å². The van der Waals surface area contributed by atoms with Gasteiger partial charge < -0.3 is 0 Å². The van der Waals surface area contributed by atoms with Gasteiger partial charge in [-0.2, -0.15) is 0 Å². The summed E-state index contributed by atoms with van der Waals surface area (Å²) in [5, 5.41) is 0. The van der Waals surface area contributed by atoms with E-state index in [1.165, 1.54) is 0 Å². The van der Waals surface area contributed by atoms with Crippen LogP contribution >= 0.6 is 0 Å². The first-order valence-corrected chi connectivity index (χ1v) is 17.1. The Morgan fingerprint density at radius 2 is 0.833 bits per heavy atom. The van der Waals surface area contributed by atoms with Crippen LogP contribution in [0.2, 0.25) is 18.1 Å². The van der Waals surface area contributed by atoms with Crippen LogP contribution in [0.3, 0.4) is 0 Å². The molecule has 158 valence electrons. The van der Waals surface area contributed by atoms with Crippen molar-refractivity contribution in [2.24, 2.45) is 0 Å². The van der Waals surface area contributed by atoms with Gasteiger partial charge in [0.25, 0.3) is 0 Å². The molecule has 0 N–H and O–H groups in total. The molecule has 0 fully saturated rings. The summed E-state index contributed by atoms with van der Waals surface area (Å²) in [7, 11) is -2.10. The van der Waals surface area contributed by atoms with Crippen molar-refractivity contribution in [3.63, 3.8) is 0 Å². The Morgan fingerprint density at radius 3 is 1.10 bits per heavy atom. The molecule has 0 aliphatic carbocycles. The zero-order chi connectivity index (χ0) is 21.3. The Morgan fingerprint density at radius 1 is 0.533 bits per heavy atom. The van der Waals surface area contributed by atoms with Gasteiger partial charge >= 0.3 is 188 Å². The van der Waals surface area contributed by atoms with E-state index in [0.29, 0.717) is 17.2 Å². The summed E-state index contributed by atoms with van der Waals surface area (Å²) in [6, 6.07) is 32.0. The molecule has 0 aliphatic heterocycles. The van der Waals surface area contributed by atoms with E-state index < -0.39 is 30.3 Å². The molecule has 0 aliphatic rings. The van der Waals surface area contributed by atoms with Crippen LogP contribution in [-0.2, 0) is 24.5 Å². The Hall–Kier alpha value is -1.88. The number of hydrogen-bond acceptors (Lipinski definition) is 4. The molecule has 0 spiro atoms. The van der Waals surface area contributed by atoms with E-state index in [2.05, 4.69) is 20.8 Å². The zero-order valence-corrected chi connectivity index (χ0v) is 21.4. The molecule has 3 rings (SSSR count). The first kappa shape index (κ1) is 22.8. The Balaban J connectivity index is 2.07. The summed E-state index contributed by atoms with van der Waals surface area (Å²) in [6.07, 6.45) is 0. The van der Waals surface area contributed by atoms with Gasteiger partial charge in [0, 0.05) is 0 Å². The van der Waals surface area contributed by atoms with Gasteiger partial charge in [0.15, 0.2) is 0 Å². The van der Waals surface area contributed by atoms with Crippen LogP contribution in [0.5, 0.6) is 17.2 Å². The molecule has 30 heavy (non-hydrogen) atoms. The molecule has 0 atom stereocenters. The molecule has 0 saturated carbocycles. The minimum absolute atomic E-state index is 0.700. The number of rotatable bonds is 11. The summed E-state index contributed by atoms with van der Waals surface area (Å²) in [4.78, 5) is 0. The van der Waals surface area contributed by atoms with Crippen molar-refractivity contribution < 1.29 is 33.0 Å². The van der Waals surface area contributed by atoms with Crippen LogP contribution in [0.4, 0.5) is 0 Å². The predicted molar refractivity (Wildman–Crippen MR) is 119 cm³/mol. The van der Waals surface area contributed by atoms with Crippen LogP contribution < -0.4 is 8.44 Å². The summed E-state index contributed by atoms with van der Waals surface area (Å²) >= 11 is -4.64. The third-order valence-corrected chi connectivity index (χ3v) is 18.4. The van der Waals surface area contributed by atoms with E-state index in [4.69, 9.17) is 10.9 Å². The number of hydrogen-bond donors (Lipinski definition) is 0. The normalized spacial score (nSPS) is 11.7. The maximum absolute atomic E-state index is 6.97. The van der Waals surface area contributed by atoms with E-state index in [-0.39, 0.29) is 0 Å². The van der Waals surface area contributed by atoms with Gasteiger partial charge in [-0.25, -0.2) is 0 Å². The fraction of sp³-hybridized carbons (Fsp3) is 0.250. The van der Waals surface area contributed by atoms with Crippen molar-refractivity contribution in [2.75, 3.05) is 0 Å². The van der Waals surface area contributed by atoms with E-state index in [1.54, 1.807) is 0 Å². The van der Waals surface area contributed by atoms with Gasteiger partial charge in [-0.3, -0.25) is 0 Å². The standard InChI is InChI=1S/C6H15OSi.3C6H6O.Zr/c1-4-8(7,5-2)6-3;3*7-6-4-2-1-3-5-6;/h4-6H2,1-3H3;3*1-5,7H;/q-1;;;;+4/p-3. The van der Waals surface area contributed by atoms with E-state index in [0.717, 1.165) is 18.1 Å². The zero-order valence-electron chi connectivity index (χ0n) is 17.9. The topological polar surface area (TPSA) is 36.9 Å². The monoisotopic (exact) mass is 500 g/mol. The molecule has 0 bridgehead atoms. The summed E-state index contributed by atoms with van der Waals surface area (Å²) in [6.45, 7) is 6.59. The van der Waals surface area contributed by atoms with Crippen LogP contribution in [0, 0.1) is 0 Å². The average molecular weight is 502 g/mol. The second-order valence-electron chi connectivity index (χ2n) is 7.09. The van der Waals surface area contributed by atoms with Crippen molar-refractivity contribution >= 4 is 8.32 Å². The Bertz CT molecular complexity index is 764. The number of para-hydroxylation sites is 3. The Labute approximate surface area is 187 Å². The molecule has 0 aromatic heterocycles. The first-order valence-electron chi connectivity index (χ1n) is 10.5. The molecule has 3 aromatic carbocycles. The van der Waals surface area contributed by atoms with Crippen LogP contribution in [-0.4, -0.2) is 8.32 Å². The number of benzene rings is 3. The van der Waals surface area contributed by atoms with Crippen molar-refractivity contribution in [2.45, 2.75) is 38.9 Å². The van der Waals surface area contributed by atoms with Crippen molar-refractivity contribution in [1.29, 1.82) is 0 Å². The second-order valence-corrected chi connectivity index (χ2v) is 17.3. The summed E-state index contributed by atoms with van der Waals surface area (Å²) < 4.78 is 26.6. The predicted octanol–water partition coefficient (Wildman–Crippen LogP) is 7.06. The maximum atomic E-state index is 6.97. The average Bonchev–Trinajstić information content (AvgIpc) is 2.80. The van der Waals surface area contributed by atoms with Crippen molar-refractivity contribution in [1.82, 2.24) is 0 Å². The fourth-order valence-corrected chi connectivity index (χ4v) is 17.3. The molecular formula is C24H30O4SiZr. The molecule has 0 amide bonds. The minimum atomic E-state index is -4.64. The molecule has 0 heterocycles.